The van der Waals surface area contributed by atoms with Crippen molar-refractivity contribution in [3.8, 4) is 0 Å². The van der Waals surface area contributed by atoms with E-state index >= 15 is 0 Å². The van der Waals surface area contributed by atoms with Crippen LogP contribution < -0.4 is 10.6 Å². The highest BCUT2D eigenvalue weighted by Gasteiger charge is 2.37. The highest BCUT2D eigenvalue weighted by Crippen LogP contribution is 2.24. The van der Waals surface area contributed by atoms with Gasteiger partial charge < -0.3 is 15.5 Å². The molecule has 24 heavy (non-hydrogen) atoms. The molecule has 1 atom stereocenters. The molecule has 2 fully saturated rings. The predicted octanol–water partition coefficient (Wildman–Crippen LogP) is -0.623. The Morgan fingerprint density at radius 1 is 1.25 bits per heavy atom. The smallest absolute Gasteiger partial charge is 0.325 e. The standard InChI is InChI=1S/C15H15FN4O4/c16-10-3-1-2-9(6-10)13-14(23)17-4-5-19(13)12(22)8-20-11(21)7-18-15(20)24/h1-3,6,13H,4-5,7-8H2,(H,17,23)(H,18,24)/t13-/m0/s1. The lowest BCUT2D eigenvalue weighted by atomic mass is 10.0. The molecule has 9 heteroatoms. The Bertz CT molecular complexity index is 707. The van der Waals surface area contributed by atoms with Crippen molar-refractivity contribution >= 4 is 23.8 Å². The fraction of sp³-hybridized carbons (Fsp3) is 0.333. The van der Waals surface area contributed by atoms with E-state index in [1.54, 1.807) is 6.07 Å². The molecule has 0 radical (unpaired) electrons. The summed E-state index contributed by atoms with van der Waals surface area (Å²) in [7, 11) is 0. The van der Waals surface area contributed by atoms with E-state index in [0.29, 0.717) is 5.56 Å². The van der Waals surface area contributed by atoms with E-state index in [1.807, 2.05) is 0 Å². The van der Waals surface area contributed by atoms with Crippen molar-refractivity contribution in [2.45, 2.75) is 6.04 Å². The number of hydrogen-bond acceptors (Lipinski definition) is 4. The number of carbonyl (C=O) groups excluding carboxylic acids is 4. The first kappa shape index (κ1) is 15.9. The van der Waals surface area contributed by atoms with Crippen LogP contribution in [0.15, 0.2) is 24.3 Å². The summed E-state index contributed by atoms with van der Waals surface area (Å²) in [6.45, 7) is -0.157. The average molecular weight is 334 g/mol. The number of nitrogens with one attached hydrogen (secondary N) is 2. The maximum atomic E-state index is 13.5. The third kappa shape index (κ3) is 2.92. The van der Waals surface area contributed by atoms with E-state index in [0.717, 1.165) is 4.90 Å². The van der Waals surface area contributed by atoms with Gasteiger partial charge in [-0.15, -0.1) is 0 Å². The van der Waals surface area contributed by atoms with Gasteiger partial charge in [0.05, 0.1) is 6.54 Å². The van der Waals surface area contributed by atoms with Crippen molar-refractivity contribution in [3.05, 3.63) is 35.6 Å². The van der Waals surface area contributed by atoms with Crippen LogP contribution in [0.25, 0.3) is 0 Å². The second-order valence-electron chi connectivity index (χ2n) is 5.47. The second-order valence-corrected chi connectivity index (χ2v) is 5.47. The number of carbonyl (C=O) groups is 4. The summed E-state index contributed by atoms with van der Waals surface area (Å²) >= 11 is 0. The Morgan fingerprint density at radius 2 is 2.04 bits per heavy atom. The van der Waals surface area contributed by atoms with Gasteiger partial charge in [0.2, 0.25) is 11.8 Å². The molecule has 2 heterocycles. The number of amides is 5. The molecule has 0 aromatic heterocycles. The quantitative estimate of drug-likeness (QED) is 0.720. The van der Waals surface area contributed by atoms with Crippen LogP contribution in [-0.2, 0) is 14.4 Å². The molecule has 1 aromatic rings. The van der Waals surface area contributed by atoms with Gasteiger partial charge >= 0.3 is 6.03 Å². The number of piperazine rings is 1. The summed E-state index contributed by atoms with van der Waals surface area (Å²) < 4.78 is 13.5. The van der Waals surface area contributed by atoms with Crippen molar-refractivity contribution in [3.63, 3.8) is 0 Å². The first-order chi connectivity index (χ1) is 11.5. The Balaban J connectivity index is 1.83. The molecule has 0 bridgehead atoms. The van der Waals surface area contributed by atoms with E-state index < -0.39 is 42.2 Å². The van der Waals surface area contributed by atoms with Crippen molar-refractivity contribution in [1.29, 1.82) is 0 Å². The van der Waals surface area contributed by atoms with Crippen molar-refractivity contribution in [2.24, 2.45) is 0 Å². The zero-order chi connectivity index (χ0) is 17.3. The second kappa shape index (κ2) is 6.26. The molecule has 126 valence electrons. The topological polar surface area (TPSA) is 98.8 Å². The number of benzene rings is 1. The van der Waals surface area contributed by atoms with Gasteiger partial charge in [0.15, 0.2) is 0 Å². The van der Waals surface area contributed by atoms with Crippen molar-refractivity contribution in [2.75, 3.05) is 26.2 Å². The van der Waals surface area contributed by atoms with E-state index in [-0.39, 0.29) is 19.6 Å². The van der Waals surface area contributed by atoms with E-state index in [2.05, 4.69) is 10.6 Å². The first-order valence-corrected chi connectivity index (χ1v) is 7.38. The molecule has 2 aliphatic rings. The van der Waals surface area contributed by atoms with Gasteiger partial charge in [-0.3, -0.25) is 19.3 Å². The SMILES string of the molecule is O=C1NCCN(C(=O)CN2C(=O)CNC2=O)[C@H]1c1cccc(F)c1. The van der Waals surface area contributed by atoms with Crippen LogP contribution in [0.5, 0.6) is 0 Å². The van der Waals surface area contributed by atoms with Crippen LogP contribution >= 0.6 is 0 Å². The average Bonchev–Trinajstić information content (AvgIpc) is 2.86. The Kier molecular flexibility index (Phi) is 4.15. The molecular formula is C15H15FN4O4. The summed E-state index contributed by atoms with van der Waals surface area (Å²) in [4.78, 5) is 50.0. The number of halogens is 1. The minimum Gasteiger partial charge on any atom is -0.352 e. The number of hydrogen-bond donors (Lipinski definition) is 2. The lowest BCUT2D eigenvalue weighted by molar-refractivity contribution is -0.145. The van der Waals surface area contributed by atoms with Gasteiger partial charge in [0.1, 0.15) is 18.4 Å². The molecular weight excluding hydrogens is 319 g/mol. The molecule has 8 nitrogen and oxygen atoms in total. The number of rotatable bonds is 3. The maximum absolute atomic E-state index is 13.5. The summed E-state index contributed by atoms with van der Waals surface area (Å²) in [5.41, 5.74) is 0.331. The predicted molar refractivity (Wildman–Crippen MR) is 79.0 cm³/mol. The van der Waals surface area contributed by atoms with Crippen LogP contribution in [0.2, 0.25) is 0 Å². The van der Waals surface area contributed by atoms with Crippen LogP contribution in [0, 0.1) is 5.82 Å². The zero-order valence-electron chi connectivity index (χ0n) is 12.6. The zero-order valence-corrected chi connectivity index (χ0v) is 12.6. The van der Waals surface area contributed by atoms with E-state index in [1.165, 1.54) is 23.1 Å². The first-order valence-electron chi connectivity index (χ1n) is 7.38. The highest BCUT2D eigenvalue weighted by molar-refractivity contribution is 6.05. The highest BCUT2D eigenvalue weighted by atomic mass is 19.1. The lowest BCUT2D eigenvalue weighted by Gasteiger charge is -2.35. The fourth-order valence-corrected chi connectivity index (χ4v) is 2.78. The van der Waals surface area contributed by atoms with Gasteiger partial charge in [-0.2, -0.15) is 0 Å². The molecule has 0 aliphatic carbocycles. The normalized spacial score (nSPS) is 20.9. The molecule has 2 saturated heterocycles. The maximum Gasteiger partial charge on any atom is 0.325 e. The molecule has 3 rings (SSSR count). The van der Waals surface area contributed by atoms with E-state index in [4.69, 9.17) is 0 Å². The van der Waals surface area contributed by atoms with Crippen molar-refractivity contribution in [1.82, 2.24) is 20.4 Å². The fourth-order valence-electron chi connectivity index (χ4n) is 2.78. The van der Waals surface area contributed by atoms with Crippen LogP contribution in [0.4, 0.5) is 9.18 Å². The summed E-state index contributed by atoms with van der Waals surface area (Å²) in [5, 5.41) is 4.96. The third-order valence-electron chi connectivity index (χ3n) is 3.93. The molecule has 1 aromatic carbocycles. The summed E-state index contributed by atoms with van der Waals surface area (Å²) in [5.74, 6) is -2.01. The van der Waals surface area contributed by atoms with E-state index in [9.17, 15) is 23.6 Å². The minimum absolute atomic E-state index is 0.153. The molecule has 2 N–H and O–H groups in total. The monoisotopic (exact) mass is 334 g/mol. The van der Waals surface area contributed by atoms with Gasteiger partial charge in [-0.1, -0.05) is 12.1 Å². The molecule has 5 amide bonds. The van der Waals surface area contributed by atoms with Crippen LogP contribution in [0.1, 0.15) is 11.6 Å². The third-order valence-corrected chi connectivity index (χ3v) is 3.93. The number of nitrogens with zero attached hydrogens (tertiary/aromatic N) is 2. The Hall–Kier alpha value is -2.97. The van der Waals surface area contributed by atoms with Gasteiger partial charge in [0.25, 0.3) is 5.91 Å². The van der Waals surface area contributed by atoms with Crippen LogP contribution in [0.3, 0.4) is 0 Å². The van der Waals surface area contributed by atoms with Gasteiger partial charge in [-0.25, -0.2) is 9.18 Å². The molecule has 0 unspecified atom stereocenters. The minimum atomic E-state index is -0.997. The number of imide groups is 1. The van der Waals surface area contributed by atoms with Crippen LogP contribution in [-0.4, -0.2) is 59.7 Å². The Morgan fingerprint density at radius 3 is 2.71 bits per heavy atom. The molecule has 0 spiro atoms. The Labute approximate surface area is 136 Å². The van der Waals surface area contributed by atoms with Crippen molar-refractivity contribution < 1.29 is 23.6 Å². The summed E-state index contributed by atoms with van der Waals surface area (Å²) in [6.07, 6.45) is 0. The van der Waals surface area contributed by atoms with Gasteiger partial charge in [0, 0.05) is 13.1 Å². The summed E-state index contributed by atoms with van der Waals surface area (Å²) in [6, 6.07) is 3.78. The largest absolute Gasteiger partial charge is 0.352 e. The number of urea groups is 1. The molecule has 0 saturated carbocycles. The molecule has 2 aliphatic heterocycles. The van der Waals surface area contributed by atoms with Gasteiger partial charge in [-0.05, 0) is 17.7 Å². The lowest BCUT2D eigenvalue weighted by Crippen LogP contribution is -2.54.